The van der Waals surface area contributed by atoms with Gasteiger partial charge in [0.1, 0.15) is 0 Å². The predicted molar refractivity (Wildman–Crippen MR) is 40.3 cm³/mol. The molecule has 0 aromatic heterocycles. The highest BCUT2D eigenvalue weighted by atomic mass is 32.2. The van der Waals surface area contributed by atoms with Crippen LogP contribution in [-0.4, -0.2) is 26.9 Å². The van der Waals surface area contributed by atoms with E-state index in [2.05, 4.69) is 0 Å². The van der Waals surface area contributed by atoms with E-state index in [9.17, 15) is 4.79 Å². The first kappa shape index (κ1) is 5.68. The monoisotopic (exact) mass is 159 g/mol. The number of rotatable bonds is 0. The number of β-lactam (4-membered cyclic amide) rings is 1. The minimum absolute atomic E-state index is 0.257. The molecule has 0 aromatic rings. The molecule has 0 unspecified atom stereocenters. The number of carbonyl (C=O) groups is 1. The van der Waals surface area contributed by atoms with Crippen molar-refractivity contribution in [1.82, 2.24) is 4.90 Å². The van der Waals surface area contributed by atoms with E-state index >= 15 is 0 Å². The number of nitrogens with zero attached hydrogens (tertiary/aromatic N) is 1. The largest absolute Gasteiger partial charge is 0.324 e. The molecule has 0 N–H and O–H groups in total. The number of fused-ring (bicyclic) bond motifs is 1. The van der Waals surface area contributed by atoms with Gasteiger partial charge in [-0.15, -0.1) is 0 Å². The van der Waals surface area contributed by atoms with Crippen LogP contribution in [0.2, 0.25) is 0 Å². The maximum atomic E-state index is 10.7. The fourth-order valence-electron chi connectivity index (χ4n) is 1.05. The predicted octanol–water partition coefficient (Wildman–Crippen LogP) is 0.619. The maximum absolute atomic E-state index is 10.7. The summed E-state index contributed by atoms with van der Waals surface area (Å²) in [6, 6.07) is 0. The lowest BCUT2D eigenvalue weighted by atomic mass is 10.2. The van der Waals surface area contributed by atoms with Gasteiger partial charge in [0.25, 0.3) is 0 Å². The zero-order valence-corrected chi connectivity index (χ0v) is 6.30. The van der Waals surface area contributed by atoms with Crippen molar-refractivity contribution in [3.8, 4) is 0 Å². The zero-order chi connectivity index (χ0) is 6.43. The minimum Gasteiger partial charge on any atom is -0.324 e. The highest BCUT2D eigenvalue weighted by molar-refractivity contribution is 8.24. The summed E-state index contributed by atoms with van der Waals surface area (Å²) in [6.07, 6.45) is 0.699. The third-order valence-electron chi connectivity index (χ3n) is 1.58. The quantitative estimate of drug-likeness (QED) is 0.382. The number of amides is 1. The Bertz CT molecular complexity index is 189. The van der Waals surface area contributed by atoms with E-state index in [1.54, 1.807) is 11.8 Å². The van der Waals surface area contributed by atoms with E-state index in [1.165, 1.54) is 0 Å². The van der Waals surface area contributed by atoms with Gasteiger partial charge in [0.2, 0.25) is 5.91 Å². The molecule has 0 radical (unpaired) electrons. The van der Waals surface area contributed by atoms with Crippen LogP contribution in [0, 0.1) is 0 Å². The van der Waals surface area contributed by atoms with Crippen molar-refractivity contribution in [2.24, 2.45) is 0 Å². The van der Waals surface area contributed by atoms with E-state index in [0.29, 0.717) is 18.3 Å². The van der Waals surface area contributed by atoms with Crippen LogP contribution in [0.25, 0.3) is 0 Å². The average Bonchev–Trinajstić information content (AvgIpc) is 2.08. The number of hydrogen-bond acceptors (Lipinski definition) is 3. The van der Waals surface area contributed by atoms with Crippen molar-refractivity contribution in [1.29, 1.82) is 0 Å². The van der Waals surface area contributed by atoms with Crippen LogP contribution < -0.4 is 0 Å². The second-order valence-corrected chi connectivity index (χ2v) is 4.19. The van der Waals surface area contributed by atoms with Crippen molar-refractivity contribution in [3.63, 3.8) is 0 Å². The molecule has 2 saturated heterocycles. The van der Waals surface area contributed by atoms with Crippen LogP contribution in [0.1, 0.15) is 6.42 Å². The van der Waals surface area contributed by atoms with Crippen LogP contribution in [-0.2, 0) is 4.79 Å². The van der Waals surface area contributed by atoms with Gasteiger partial charge in [0.15, 0.2) is 0 Å². The fourth-order valence-corrected chi connectivity index (χ4v) is 2.58. The van der Waals surface area contributed by atoms with E-state index in [-0.39, 0.29) is 5.91 Å². The van der Waals surface area contributed by atoms with Gasteiger partial charge in [-0.3, -0.25) is 4.79 Å². The Kier molecular flexibility index (Phi) is 1.07. The van der Waals surface area contributed by atoms with Crippen molar-refractivity contribution < 1.29 is 4.79 Å². The van der Waals surface area contributed by atoms with Crippen LogP contribution >= 0.6 is 24.0 Å². The van der Waals surface area contributed by atoms with Crippen LogP contribution in [0.15, 0.2) is 0 Å². The highest BCUT2D eigenvalue weighted by Crippen LogP contribution is 2.36. The van der Waals surface area contributed by atoms with E-state index in [1.807, 2.05) is 4.90 Å². The molecule has 1 atom stereocenters. The van der Waals surface area contributed by atoms with E-state index in [4.69, 9.17) is 12.2 Å². The smallest absolute Gasteiger partial charge is 0.226 e. The molecular formula is C5H5NOS2. The third-order valence-corrected chi connectivity index (χ3v) is 3.09. The number of hydrogen-bond donors (Lipinski definition) is 0. The van der Waals surface area contributed by atoms with Crippen LogP contribution in [0.4, 0.5) is 0 Å². The van der Waals surface area contributed by atoms with Gasteiger partial charge in [-0.2, -0.15) is 0 Å². The van der Waals surface area contributed by atoms with Gasteiger partial charge >= 0.3 is 0 Å². The normalized spacial score (nSPS) is 32.4. The van der Waals surface area contributed by atoms with Crippen molar-refractivity contribution >= 4 is 34.1 Å². The molecule has 4 heteroatoms. The summed E-state index contributed by atoms with van der Waals surface area (Å²) in [5.41, 5.74) is 0. The van der Waals surface area contributed by atoms with Crippen LogP contribution in [0.5, 0.6) is 0 Å². The third kappa shape index (κ3) is 0.697. The van der Waals surface area contributed by atoms with E-state index in [0.717, 1.165) is 4.20 Å². The lowest BCUT2D eigenvalue weighted by Gasteiger charge is -2.32. The maximum Gasteiger partial charge on any atom is 0.226 e. The molecular weight excluding hydrogens is 154 g/mol. The molecule has 2 fully saturated rings. The summed E-state index contributed by atoms with van der Waals surface area (Å²) in [5, 5.41) is 0.407. The Hall–Kier alpha value is -0.0900. The Morgan fingerprint density at radius 1 is 1.78 bits per heavy atom. The summed E-state index contributed by atoms with van der Waals surface area (Å²) < 4.78 is 0.964. The molecule has 0 aliphatic carbocycles. The summed E-state index contributed by atoms with van der Waals surface area (Å²) in [6.45, 7) is 0.712. The Balaban J connectivity index is 2.16. The van der Waals surface area contributed by atoms with Crippen molar-refractivity contribution in [2.75, 3.05) is 6.54 Å². The molecule has 48 valence electrons. The Labute approximate surface area is 62.6 Å². The minimum atomic E-state index is 0.257. The summed E-state index contributed by atoms with van der Waals surface area (Å²) in [7, 11) is 0. The first-order chi connectivity index (χ1) is 4.27. The van der Waals surface area contributed by atoms with Crippen molar-refractivity contribution in [3.05, 3.63) is 0 Å². The molecule has 2 heterocycles. The highest BCUT2D eigenvalue weighted by Gasteiger charge is 2.42. The van der Waals surface area contributed by atoms with Gasteiger partial charge in [0.05, 0.1) is 22.5 Å². The molecule has 0 saturated carbocycles. The summed E-state index contributed by atoms with van der Waals surface area (Å²) in [5.74, 6) is 0.257. The topological polar surface area (TPSA) is 20.3 Å². The molecule has 0 aromatic carbocycles. The SMILES string of the molecule is O=C1C[C@@H]2SC(=S)CN12. The summed E-state index contributed by atoms with van der Waals surface area (Å²) >= 11 is 6.59. The second-order valence-electron chi connectivity index (χ2n) is 2.17. The first-order valence-corrected chi connectivity index (χ1v) is 4.05. The van der Waals surface area contributed by atoms with Gasteiger partial charge in [-0.05, 0) is 0 Å². The number of thiocarbonyl (C=S) groups is 1. The molecule has 2 nitrogen and oxygen atoms in total. The fraction of sp³-hybridized carbons (Fsp3) is 0.600. The Morgan fingerprint density at radius 2 is 2.56 bits per heavy atom. The Morgan fingerprint density at radius 3 is 3.00 bits per heavy atom. The van der Waals surface area contributed by atoms with Gasteiger partial charge in [-0.25, -0.2) is 0 Å². The standard InChI is InChI=1S/C5H5NOS2/c7-3-1-4-6(3)2-5(8)9-4/h4H,1-2H2/t4-/m0/s1. The van der Waals surface area contributed by atoms with Crippen molar-refractivity contribution in [2.45, 2.75) is 11.8 Å². The zero-order valence-electron chi connectivity index (χ0n) is 4.66. The molecule has 2 rings (SSSR count). The first-order valence-electron chi connectivity index (χ1n) is 2.76. The molecule has 2 aliphatic rings. The van der Waals surface area contributed by atoms with E-state index < -0.39 is 0 Å². The molecule has 9 heavy (non-hydrogen) atoms. The lowest BCUT2D eigenvalue weighted by Crippen LogP contribution is -2.46. The van der Waals surface area contributed by atoms with Gasteiger partial charge in [-0.1, -0.05) is 24.0 Å². The molecule has 1 amide bonds. The molecule has 0 bridgehead atoms. The molecule has 2 aliphatic heterocycles. The van der Waals surface area contributed by atoms with Gasteiger partial charge < -0.3 is 4.90 Å². The second kappa shape index (κ2) is 1.70. The molecule has 0 spiro atoms. The summed E-state index contributed by atoms with van der Waals surface area (Å²) in [4.78, 5) is 12.5. The lowest BCUT2D eigenvalue weighted by molar-refractivity contribution is -0.139. The van der Waals surface area contributed by atoms with Crippen LogP contribution in [0.3, 0.4) is 0 Å². The average molecular weight is 159 g/mol. The number of carbonyl (C=O) groups excluding carboxylic acids is 1. The number of thioether (sulfide) groups is 1. The van der Waals surface area contributed by atoms with Gasteiger partial charge in [0, 0.05) is 0 Å².